The zero-order valence-electron chi connectivity index (χ0n) is 7.87. The van der Waals surface area contributed by atoms with Crippen LogP contribution in [0.1, 0.15) is 25.5 Å². The quantitative estimate of drug-likeness (QED) is 0.628. The molecule has 0 N–H and O–H groups in total. The van der Waals surface area contributed by atoms with E-state index in [0.29, 0.717) is 5.92 Å². The van der Waals surface area contributed by atoms with Gasteiger partial charge in [-0.15, -0.1) is 0 Å². The van der Waals surface area contributed by atoms with Crippen LogP contribution in [0, 0.1) is 0 Å². The molecule has 0 bridgehead atoms. The molecular weight excluding hydrogens is 160 g/mol. The third-order valence-electron chi connectivity index (χ3n) is 2.05. The summed E-state index contributed by atoms with van der Waals surface area (Å²) in [6, 6.07) is 2.08. The van der Waals surface area contributed by atoms with Crippen molar-refractivity contribution in [2.24, 2.45) is 0 Å². The third-order valence-corrected chi connectivity index (χ3v) is 2.05. The first kappa shape index (κ1) is 8.15. The maximum Gasteiger partial charge on any atom is 0.176 e. The van der Waals surface area contributed by atoms with E-state index >= 15 is 0 Å². The highest BCUT2D eigenvalue weighted by atomic mass is 16.3. The van der Waals surface area contributed by atoms with E-state index in [4.69, 9.17) is 4.42 Å². The summed E-state index contributed by atoms with van der Waals surface area (Å²) in [7, 11) is 0. The molecule has 1 aliphatic carbocycles. The Morgan fingerprint density at radius 3 is 2.92 bits per heavy atom. The van der Waals surface area contributed by atoms with Crippen LogP contribution in [0.5, 0.6) is 0 Å². The van der Waals surface area contributed by atoms with Gasteiger partial charge >= 0.3 is 0 Å². The minimum absolute atomic E-state index is 0.436. The molecule has 0 atom stereocenters. The molecule has 13 heavy (non-hydrogen) atoms. The monoisotopic (exact) mass is 172 g/mol. The highest BCUT2D eigenvalue weighted by Crippen LogP contribution is 2.09. The smallest absolute Gasteiger partial charge is 0.176 e. The highest BCUT2D eigenvalue weighted by molar-refractivity contribution is 5.43. The molecule has 0 aromatic carbocycles. The summed E-state index contributed by atoms with van der Waals surface area (Å²) in [6.45, 7) is 4.25. The van der Waals surface area contributed by atoms with Gasteiger partial charge in [-0.1, -0.05) is 37.8 Å². The SMILES string of the molecule is CC(C)c1cc2c(o1)=C=CC=CC=2. The largest absolute Gasteiger partial charge is 0.452 e. The Labute approximate surface area is 77.4 Å². The van der Waals surface area contributed by atoms with Crippen LogP contribution in [0.15, 0.2) is 28.7 Å². The van der Waals surface area contributed by atoms with Crippen LogP contribution in [-0.2, 0) is 0 Å². The van der Waals surface area contributed by atoms with Crippen LogP contribution in [0.25, 0.3) is 11.8 Å². The van der Waals surface area contributed by atoms with Gasteiger partial charge in [0.2, 0.25) is 0 Å². The fraction of sp³-hybridized carbons (Fsp3) is 0.250. The molecule has 0 spiro atoms. The van der Waals surface area contributed by atoms with Gasteiger partial charge in [-0.3, -0.25) is 0 Å². The van der Waals surface area contributed by atoms with Crippen LogP contribution < -0.4 is 10.6 Å². The lowest BCUT2D eigenvalue weighted by atomic mass is 10.1. The molecule has 1 aromatic rings. The van der Waals surface area contributed by atoms with Gasteiger partial charge in [0.05, 0.1) is 0 Å². The molecule has 0 unspecified atom stereocenters. The Hall–Kier alpha value is -1.46. The molecule has 66 valence electrons. The predicted molar refractivity (Wildman–Crippen MR) is 53.6 cm³/mol. The molecule has 2 rings (SSSR count). The molecule has 1 nitrogen and oxygen atoms in total. The van der Waals surface area contributed by atoms with E-state index in [1.54, 1.807) is 0 Å². The zero-order chi connectivity index (χ0) is 9.26. The van der Waals surface area contributed by atoms with Crippen LogP contribution >= 0.6 is 0 Å². The Morgan fingerprint density at radius 1 is 1.31 bits per heavy atom. The molecule has 0 saturated carbocycles. The average Bonchev–Trinajstić information content (AvgIpc) is 2.38. The van der Waals surface area contributed by atoms with Crippen molar-refractivity contribution in [2.75, 3.05) is 0 Å². The third kappa shape index (κ3) is 1.51. The number of rotatable bonds is 1. The van der Waals surface area contributed by atoms with E-state index in [0.717, 1.165) is 16.4 Å². The number of furan rings is 1. The maximum absolute atomic E-state index is 5.63. The molecule has 1 heterocycles. The van der Waals surface area contributed by atoms with Crippen molar-refractivity contribution in [2.45, 2.75) is 19.8 Å². The summed E-state index contributed by atoms with van der Waals surface area (Å²) < 4.78 is 5.63. The summed E-state index contributed by atoms with van der Waals surface area (Å²) >= 11 is 0. The Balaban J connectivity index is 2.72. The van der Waals surface area contributed by atoms with Crippen molar-refractivity contribution in [1.29, 1.82) is 0 Å². The van der Waals surface area contributed by atoms with Crippen molar-refractivity contribution in [3.8, 4) is 0 Å². The fourth-order valence-corrected chi connectivity index (χ4v) is 1.28. The Kier molecular flexibility index (Phi) is 1.96. The van der Waals surface area contributed by atoms with Crippen molar-refractivity contribution >= 4 is 11.8 Å². The lowest BCUT2D eigenvalue weighted by molar-refractivity contribution is 0.461. The van der Waals surface area contributed by atoms with Crippen molar-refractivity contribution < 1.29 is 4.42 Å². The van der Waals surface area contributed by atoms with Gasteiger partial charge in [0.1, 0.15) is 5.76 Å². The van der Waals surface area contributed by atoms with Gasteiger partial charge in [0.15, 0.2) is 5.42 Å². The fourth-order valence-electron chi connectivity index (χ4n) is 1.28. The highest BCUT2D eigenvalue weighted by Gasteiger charge is 2.03. The molecule has 0 aliphatic heterocycles. The maximum atomic E-state index is 5.63. The van der Waals surface area contributed by atoms with Gasteiger partial charge in [-0.05, 0) is 12.1 Å². The Morgan fingerprint density at radius 2 is 2.15 bits per heavy atom. The molecule has 1 heteroatoms. The number of allylic oxidation sites excluding steroid dienone is 3. The van der Waals surface area contributed by atoms with E-state index in [-0.39, 0.29) is 0 Å². The minimum Gasteiger partial charge on any atom is -0.452 e. The number of hydrogen-bond acceptors (Lipinski definition) is 1. The summed E-state index contributed by atoms with van der Waals surface area (Å²) in [5, 5.41) is 1.12. The van der Waals surface area contributed by atoms with Crippen LogP contribution in [0.3, 0.4) is 0 Å². The van der Waals surface area contributed by atoms with Crippen molar-refractivity contribution in [3.63, 3.8) is 0 Å². The van der Waals surface area contributed by atoms with Crippen LogP contribution in [0.4, 0.5) is 0 Å². The van der Waals surface area contributed by atoms with E-state index in [1.165, 1.54) is 0 Å². The molecule has 1 aliphatic rings. The first-order chi connectivity index (χ1) is 6.27. The number of hydrogen-bond donors (Lipinski definition) is 0. The van der Waals surface area contributed by atoms with E-state index < -0.39 is 0 Å². The summed E-state index contributed by atoms with van der Waals surface area (Å²) in [4.78, 5) is 0. The lowest BCUT2D eigenvalue weighted by Crippen LogP contribution is -2.16. The minimum atomic E-state index is 0.436. The van der Waals surface area contributed by atoms with Gasteiger partial charge in [0.25, 0.3) is 0 Å². The van der Waals surface area contributed by atoms with Crippen molar-refractivity contribution in [1.82, 2.24) is 0 Å². The molecule has 0 saturated heterocycles. The van der Waals surface area contributed by atoms with Gasteiger partial charge in [-0.2, -0.15) is 0 Å². The van der Waals surface area contributed by atoms with Crippen LogP contribution in [0.2, 0.25) is 0 Å². The number of fused-ring (bicyclic) bond motifs is 1. The topological polar surface area (TPSA) is 13.1 Å². The van der Waals surface area contributed by atoms with Gasteiger partial charge in [0, 0.05) is 11.1 Å². The average molecular weight is 172 g/mol. The lowest BCUT2D eigenvalue weighted by Gasteiger charge is -1.95. The molecule has 0 radical (unpaired) electrons. The molecule has 1 aromatic heterocycles. The Bertz CT molecular complexity index is 480. The van der Waals surface area contributed by atoms with E-state index in [2.05, 4.69) is 25.6 Å². The standard InChI is InChI=1S/C12H12O/c1-9(2)12-8-10-6-4-3-5-7-11(10)13-12/h3-6,8-9H,1-2H3. The second kappa shape index (κ2) is 3.12. The second-order valence-electron chi connectivity index (χ2n) is 3.45. The van der Waals surface area contributed by atoms with E-state index in [9.17, 15) is 0 Å². The predicted octanol–water partition coefficient (Wildman–Crippen LogP) is 1.69. The summed E-state index contributed by atoms with van der Waals surface area (Å²) in [5.41, 5.74) is 3.93. The zero-order valence-corrected chi connectivity index (χ0v) is 7.87. The van der Waals surface area contributed by atoms with Crippen LogP contribution in [-0.4, -0.2) is 0 Å². The molecule has 0 fully saturated rings. The van der Waals surface area contributed by atoms with Gasteiger partial charge < -0.3 is 4.42 Å². The summed E-state index contributed by atoms with van der Waals surface area (Å²) in [6.07, 6.45) is 7.86. The molecular formula is C12H12O. The van der Waals surface area contributed by atoms with Crippen molar-refractivity contribution in [3.05, 3.63) is 40.7 Å². The van der Waals surface area contributed by atoms with E-state index in [1.807, 2.05) is 24.3 Å². The first-order valence-electron chi connectivity index (χ1n) is 4.51. The normalized spacial score (nSPS) is 13.5. The second-order valence-corrected chi connectivity index (χ2v) is 3.45. The van der Waals surface area contributed by atoms with Gasteiger partial charge in [-0.25, -0.2) is 0 Å². The first-order valence-corrected chi connectivity index (χ1v) is 4.51. The summed E-state index contributed by atoms with van der Waals surface area (Å²) in [5.74, 6) is 1.46. The molecule has 0 amide bonds.